The molecule has 0 atom stereocenters. The Balaban J connectivity index is 2.44. The summed E-state index contributed by atoms with van der Waals surface area (Å²) in [6.07, 6.45) is 1.65. The molecule has 0 saturated carbocycles. The van der Waals surface area contributed by atoms with E-state index in [0.29, 0.717) is 0 Å². The van der Waals surface area contributed by atoms with Gasteiger partial charge in [-0.25, -0.2) is 0 Å². The van der Waals surface area contributed by atoms with Gasteiger partial charge in [0, 0.05) is 5.56 Å². The highest BCUT2D eigenvalue weighted by molar-refractivity contribution is 5.90. The Morgan fingerprint density at radius 2 is 1.76 bits per heavy atom. The molecule has 2 aromatic rings. The van der Waals surface area contributed by atoms with Crippen LogP contribution in [0.4, 0.5) is 0 Å². The molecular weight excluding hydrogens is 212 g/mol. The molecule has 17 heavy (non-hydrogen) atoms. The Morgan fingerprint density at radius 1 is 1.06 bits per heavy atom. The average Bonchev–Trinajstić information content (AvgIpc) is 2.40. The van der Waals surface area contributed by atoms with Gasteiger partial charge in [-0.1, -0.05) is 36.4 Å². The number of hydrazone groups is 1. The molecule has 0 spiro atoms. The Labute approximate surface area is 101 Å². The highest BCUT2D eigenvalue weighted by Crippen LogP contribution is 2.24. The van der Waals surface area contributed by atoms with Gasteiger partial charge in [-0.15, -0.1) is 0 Å². The average molecular weight is 226 g/mol. The summed E-state index contributed by atoms with van der Waals surface area (Å²) >= 11 is 0. The Kier molecular flexibility index (Phi) is 3.40. The van der Waals surface area contributed by atoms with Crippen molar-refractivity contribution < 1.29 is 4.74 Å². The van der Waals surface area contributed by atoms with Gasteiger partial charge in [0.2, 0.25) is 0 Å². The van der Waals surface area contributed by atoms with Crippen molar-refractivity contribution in [2.45, 2.75) is 0 Å². The van der Waals surface area contributed by atoms with Crippen molar-refractivity contribution in [2.24, 2.45) is 10.9 Å². The second-order valence-corrected chi connectivity index (χ2v) is 3.59. The van der Waals surface area contributed by atoms with Crippen LogP contribution in [0.2, 0.25) is 0 Å². The molecule has 86 valence electrons. The summed E-state index contributed by atoms with van der Waals surface area (Å²) in [5.74, 6) is 6.05. The molecule has 0 fully saturated rings. The van der Waals surface area contributed by atoms with Crippen molar-refractivity contribution in [2.75, 3.05) is 7.11 Å². The fourth-order valence-electron chi connectivity index (χ4n) is 1.72. The molecule has 0 saturated heterocycles. The summed E-state index contributed by atoms with van der Waals surface area (Å²) < 4.78 is 5.14. The fourth-order valence-corrected chi connectivity index (χ4v) is 1.72. The predicted octanol–water partition coefficient (Wildman–Crippen LogP) is 2.65. The molecule has 3 nitrogen and oxygen atoms in total. The highest BCUT2D eigenvalue weighted by Gasteiger charge is 2.02. The summed E-state index contributed by atoms with van der Waals surface area (Å²) in [5.41, 5.74) is 3.21. The van der Waals surface area contributed by atoms with E-state index >= 15 is 0 Å². The Bertz CT molecular complexity index is 518. The number of benzene rings is 2. The fraction of sp³-hybridized carbons (Fsp3) is 0.0714. The van der Waals surface area contributed by atoms with Crippen molar-refractivity contribution in [3.63, 3.8) is 0 Å². The number of hydrogen-bond donors (Lipinski definition) is 1. The van der Waals surface area contributed by atoms with Gasteiger partial charge >= 0.3 is 0 Å². The second kappa shape index (κ2) is 5.16. The standard InChI is InChI=1S/C14H14N2O/c1-17-13-8-6-11(7-9-13)14-5-3-2-4-12(14)10-16-15/h2-10H,15H2,1H3. The van der Waals surface area contributed by atoms with Crippen molar-refractivity contribution >= 4 is 6.21 Å². The van der Waals surface area contributed by atoms with Crippen LogP contribution in [-0.4, -0.2) is 13.3 Å². The molecule has 0 aliphatic carbocycles. The first-order valence-electron chi connectivity index (χ1n) is 5.32. The van der Waals surface area contributed by atoms with Crippen molar-refractivity contribution in [1.29, 1.82) is 0 Å². The molecule has 2 aromatic carbocycles. The van der Waals surface area contributed by atoms with Gasteiger partial charge in [0.25, 0.3) is 0 Å². The Hall–Kier alpha value is -2.29. The number of nitrogens with two attached hydrogens (primary N) is 1. The van der Waals surface area contributed by atoms with Crippen LogP contribution in [0.3, 0.4) is 0 Å². The third-order valence-corrected chi connectivity index (χ3v) is 2.58. The normalized spacial score (nSPS) is 10.6. The zero-order chi connectivity index (χ0) is 12.1. The van der Waals surface area contributed by atoms with Crippen molar-refractivity contribution in [1.82, 2.24) is 0 Å². The lowest BCUT2D eigenvalue weighted by Gasteiger charge is -2.06. The van der Waals surface area contributed by atoms with Crippen LogP contribution >= 0.6 is 0 Å². The first-order valence-corrected chi connectivity index (χ1v) is 5.32. The lowest BCUT2D eigenvalue weighted by molar-refractivity contribution is 0.415. The smallest absolute Gasteiger partial charge is 0.118 e. The van der Waals surface area contributed by atoms with Crippen LogP contribution in [0, 0.1) is 0 Å². The molecular formula is C14H14N2O. The zero-order valence-electron chi connectivity index (χ0n) is 9.63. The topological polar surface area (TPSA) is 47.6 Å². The van der Waals surface area contributed by atoms with E-state index in [0.717, 1.165) is 22.4 Å². The highest BCUT2D eigenvalue weighted by atomic mass is 16.5. The molecule has 0 heterocycles. The van der Waals surface area contributed by atoms with E-state index in [1.54, 1.807) is 13.3 Å². The van der Waals surface area contributed by atoms with Gasteiger partial charge in [-0.05, 0) is 23.3 Å². The summed E-state index contributed by atoms with van der Waals surface area (Å²) in [5, 5.41) is 3.58. The molecule has 0 radical (unpaired) electrons. The van der Waals surface area contributed by atoms with Crippen LogP contribution < -0.4 is 10.6 Å². The third-order valence-electron chi connectivity index (χ3n) is 2.58. The molecule has 2 N–H and O–H groups in total. The van der Waals surface area contributed by atoms with Crippen molar-refractivity contribution in [3.05, 3.63) is 54.1 Å². The zero-order valence-corrected chi connectivity index (χ0v) is 9.63. The van der Waals surface area contributed by atoms with E-state index in [1.165, 1.54) is 0 Å². The minimum atomic E-state index is 0.846. The number of rotatable bonds is 3. The number of ether oxygens (including phenoxy) is 1. The molecule has 0 aromatic heterocycles. The van der Waals surface area contributed by atoms with Crippen LogP contribution in [0.25, 0.3) is 11.1 Å². The number of methoxy groups -OCH3 is 1. The molecule has 0 amide bonds. The monoisotopic (exact) mass is 226 g/mol. The number of nitrogens with zero attached hydrogens (tertiary/aromatic N) is 1. The summed E-state index contributed by atoms with van der Waals surface area (Å²) in [6.45, 7) is 0. The molecule has 0 aliphatic rings. The second-order valence-electron chi connectivity index (χ2n) is 3.59. The minimum Gasteiger partial charge on any atom is -0.497 e. The maximum atomic E-state index is 5.20. The maximum Gasteiger partial charge on any atom is 0.118 e. The van der Waals surface area contributed by atoms with Crippen molar-refractivity contribution in [3.8, 4) is 16.9 Å². The molecule has 0 bridgehead atoms. The maximum absolute atomic E-state index is 5.20. The van der Waals surface area contributed by atoms with Gasteiger partial charge in [0.05, 0.1) is 13.3 Å². The summed E-state index contributed by atoms with van der Waals surface area (Å²) in [6, 6.07) is 15.9. The number of hydrogen-bond acceptors (Lipinski definition) is 3. The van der Waals surface area contributed by atoms with E-state index in [2.05, 4.69) is 5.10 Å². The Morgan fingerprint density at radius 3 is 2.41 bits per heavy atom. The van der Waals surface area contributed by atoms with Gasteiger partial charge < -0.3 is 10.6 Å². The van der Waals surface area contributed by atoms with E-state index in [-0.39, 0.29) is 0 Å². The third kappa shape index (κ3) is 2.45. The minimum absolute atomic E-state index is 0.846. The van der Waals surface area contributed by atoms with Gasteiger partial charge in [0.1, 0.15) is 5.75 Å². The SMILES string of the molecule is COc1ccc(-c2ccccc2C=NN)cc1. The molecule has 3 heteroatoms. The van der Waals surface area contributed by atoms with Crippen LogP contribution in [-0.2, 0) is 0 Å². The van der Waals surface area contributed by atoms with Gasteiger partial charge in [0.15, 0.2) is 0 Å². The molecule has 0 unspecified atom stereocenters. The van der Waals surface area contributed by atoms with E-state index in [9.17, 15) is 0 Å². The van der Waals surface area contributed by atoms with Crippen LogP contribution in [0.1, 0.15) is 5.56 Å². The quantitative estimate of drug-likeness (QED) is 0.497. The van der Waals surface area contributed by atoms with Crippen LogP contribution in [0.15, 0.2) is 53.6 Å². The molecule has 2 rings (SSSR count). The molecule has 0 aliphatic heterocycles. The first kappa shape index (κ1) is 11.2. The summed E-state index contributed by atoms with van der Waals surface area (Å²) in [7, 11) is 1.66. The van der Waals surface area contributed by atoms with Gasteiger partial charge in [-0.3, -0.25) is 0 Å². The van der Waals surface area contributed by atoms with Crippen LogP contribution in [0.5, 0.6) is 5.75 Å². The van der Waals surface area contributed by atoms with E-state index in [1.807, 2.05) is 48.5 Å². The van der Waals surface area contributed by atoms with E-state index in [4.69, 9.17) is 10.6 Å². The summed E-state index contributed by atoms with van der Waals surface area (Å²) in [4.78, 5) is 0. The van der Waals surface area contributed by atoms with E-state index < -0.39 is 0 Å². The predicted molar refractivity (Wildman–Crippen MR) is 70.2 cm³/mol. The van der Waals surface area contributed by atoms with Gasteiger partial charge in [-0.2, -0.15) is 5.10 Å². The lowest BCUT2D eigenvalue weighted by atomic mass is 10.0. The lowest BCUT2D eigenvalue weighted by Crippen LogP contribution is -1.91. The largest absolute Gasteiger partial charge is 0.497 e. The first-order chi connectivity index (χ1) is 8.35.